The average Bonchev–Trinajstić information content (AvgIpc) is 2.62. The Bertz CT molecular complexity index is 734. The van der Waals surface area contributed by atoms with E-state index in [0.717, 1.165) is 0 Å². The van der Waals surface area contributed by atoms with Gasteiger partial charge in [0.2, 0.25) is 0 Å². The van der Waals surface area contributed by atoms with Crippen LogP contribution in [0.25, 0.3) is 0 Å². The molecule has 0 aliphatic rings. The van der Waals surface area contributed by atoms with E-state index in [1.165, 1.54) is 0 Å². The van der Waals surface area contributed by atoms with Crippen molar-refractivity contribution in [3.63, 3.8) is 0 Å². The molecule has 0 radical (unpaired) electrons. The molecule has 1 aromatic rings. The molecule has 0 saturated carbocycles. The van der Waals surface area contributed by atoms with Gasteiger partial charge in [-0.1, -0.05) is 11.8 Å². The maximum Gasteiger partial charge on any atom is 0.267 e. The average molecular weight is 343 g/mol. The smallest absolute Gasteiger partial charge is 0.267 e. The summed E-state index contributed by atoms with van der Waals surface area (Å²) in [5.41, 5.74) is 1.78. The number of carbonyl (C=O) groups excluding carboxylic acids is 2. The molecular weight excluding hydrogens is 322 g/mol. The third kappa shape index (κ3) is 5.94. The van der Waals surface area contributed by atoms with Crippen LogP contribution in [0.15, 0.2) is 24.3 Å². The molecule has 1 rings (SSSR count). The zero-order valence-electron chi connectivity index (χ0n) is 14.3. The van der Waals surface area contributed by atoms with Crippen LogP contribution in [0.3, 0.4) is 0 Å². The van der Waals surface area contributed by atoms with Crippen molar-refractivity contribution in [2.24, 2.45) is 0 Å². The number of aliphatic hydroxyl groups excluding tert-OH is 1. The van der Waals surface area contributed by atoms with Crippen LogP contribution in [0, 0.1) is 23.7 Å². The molecule has 25 heavy (non-hydrogen) atoms. The van der Waals surface area contributed by atoms with Crippen LogP contribution in [0.2, 0.25) is 0 Å². The van der Waals surface area contributed by atoms with Gasteiger partial charge in [-0.3, -0.25) is 14.8 Å². The van der Waals surface area contributed by atoms with Crippen molar-refractivity contribution in [1.82, 2.24) is 16.1 Å². The van der Waals surface area contributed by atoms with E-state index in [2.05, 4.69) is 34.3 Å². The number of hydroxylamine groups is 1. The lowest BCUT2D eigenvalue weighted by molar-refractivity contribution is -0.132. The van der Waals surface area contributed by atoms with E-state index >= 15 is 0 Å². The van der Waals surface area contributed by atoms with Crippen LogP contribution >= 0.6 is 0 Å². The molecular formula is C18H21N3O4. The van der Waals surface area contributed by atoms with Crippen molar-refractivity contribution >= 4 is 11.8 Å². The number of likely N-dealkylation sites (N-methyl/N-ethyl adjacent to an activating group) is 1. The summed E-state index contributed by atoms with van der Waals surface area (Å²) < 4.78 is 0. The predicted octanol–water partition coefficient (Wildman–Crippen LogP) is -0.364. The Balaban J connectivity index is 2.91. The van der Waals surface area contributed by atoms with Crippen molar-refractivity contribution in [2.45, 2.75) is 25.4 Å². The number of carbonyl (C=O) groups is 2. The number of amides is 2. The Labute approximate surface area is 146 Å². The molecule has 0 heterocycles. The van der Waals surface area contributed by atoms with Gasteiger partial charge in [0.05, 0.1) is 0 Å². The van der Waals surface area contributed by atoms with E-state index in [0.29, 0.717) is 11.1 Å². The summed E-state index contributed by atoms with van der Waals surface area (Å²) in [7, 11) is 1.65. The molecule has 1 atom stereocenters. The van der Waals surface area contributed by atoms with E-state index in [1.807, 2.05) is 0 Å². The first-order valence-electron chi connectivity index (χ1n) is 7.49. The molecule has 132 valence electrons. The highest BCUT2D eigenvalue weighted by Gasteiger charge is 2.35. The van der Waals surface area contributed by atoms with Gasteiger partial charge in [-0.05, 0) is 57.0 Å². The van der Waals surface area contributed by atoms with Crippen LogP contribution < -0.4 is 16.1 Å². The third-order valence-electron chi connectivity index (χ3n) is 3.60. The van der Waals surface area contributed by atoms with Gasteiger partial charge in [-0.15, -0.1) is 0 Å². The van der Waals surface area contributed by atoms with Crippen molar-refractivity contribution < 1.29 is 19.9 Å². The fraction of sp³-hybridized carbons (Fsp3) is 0.333. The summed E-state index contributed by atoms with van der Waals surface area (Å²) in [5, 5.41) is 22.9. The quantitative estimate of drug-likeness (QED) is 0.285. The second kappa shape index (κ2) is 9.45. The topological polar surface area (TPSA) is 111 Å². The molecule has 7 heteroatoms. The molecule has 0 fully saturated rings. The molecule has 0 aromatic heterocycles. The first-order valence-corrected chi connectivity index (χ1v) is 7.49. The highest BCUT2D eigenvalue weighted by Crippen LogP contribution is 2.11. The van der Waals surface area contributed by atoms with Crippen LogP contribution in [0.4, 0.5) is 0 Å². The van der Waals surface area contributed by atoms with Gasteiger partial charge in [0.25, 0.3) is 11.8 Å². The van der Waals surface area contributed by atoms with Gasteiger partial charge >= 0.3 is 0 Å². The molecule has 5 N–H and O–H groups in total. The molecule has 0 bridgehead atoms. The van der Waals surface area contributed by atoms with Gasteiger partial charge in [0.1, 0.15) is 12.6 Å². The maximum atomic E-state index is 12.4. The highest BCUT2D eigenvalue weighted by molar-refractivity contribution is 5.97. The Hall–Kier alpha value is -2.84. The van der Waals surface area contributed by atoms with Gasteiger partial charge in [0, 0.05) is 16.7 Å². The summed E-state index contributed by atoms with van der Waals surface area (Å²) in [5.74, 6) is 9.04. The summed E-state index contributed by atoms with van der Waals surface area (Å²) in [6, 6.07) is 5.45. The molecule has 0 aliphatic heterocycles. The lowest BCUT2D eigenvalue weighted by Crippen LogP contribution is -2.62. The molecule has 1 aromatic carbocycles. The summed E-state index contributed by atoms with van der Waals surface area (Å²) in [6.07, 6.45) is 0. The number of hydrogen-bond donors (Lipinski definition) is 5. The lowest BCUT2D eigenvalue weighted by atomic mass is 9.93. The Morgan fingerprint density at radius 3 is 2.36 bits per heavy atom. The monoisotopic (exact) mass is 343 g/mol. The zero-order valence-corrected chi connectivity index (χ0v) is 14.3. The fourth-order valence-corrected chi connectivity index (χ4v) is 1.89. The lowest BCUT2D eigenvalue weighted by Gasteiger charge is -2.32. The van der Waals surface area contributed by atoms with Gasteiger partial charge < -0.3 is 15.7 Å². The number of hydrogen-bond acceptors (Lipinski definition) is 5. The molecule has 0 aliphatic carbocycles. The largest absolute Gasteiger partial charge is 0.384 e. The summed E-state index contributed by atoms with van der Waals surface area (Å²) >= 11 is 0. The molecule has 0 spiro atoms. The standard InChI is InChI=1S/C18H21N3O4/c1-18(2,19-3)15(17(24)21-25)20-16(23)14-10-8-13(9-11-14)7-5-4-6-12-22/h8-11,15,19,22,25H,12H2,1-3H3,(H,20,23)(H,21,24)/t15-/m1/s1. The minimum Gasteiger partial charge on any atom is -0.384 e. The summed E-state index contributed by atoms with van der Waals surface area (Å²) in [6.45, 7) is 3.19. The Morgan fingerprint density at radius 2 is 1.84 bits per heavy atom. The second-order valence-corrected chi connectivity index (χ2v) is 5.64. The van der Waals surface area contributed by atoms with Gasteiger partial charge in [-0.2, -0.15) is 0 Å². The van der Waals surface area contributed by atoms with E-state index in [1.54, 1.807) is 50.6 Å². The van der Waals surface area contributed by atoms with E-state index < -0.39 is 23.4 Å². The maximum absolute atomic E-state index is 12.4. The van der Waals surface area contributed by atoms with Crippen molar-refractivity contribution in [2.75, 3.05) is 13.7 Å². The van der Waals surface area contributed by atoms with Crippen LogP contribution in [0.1, 0.15) is 29.8 Å². The normalized spacial score (nSPS) is 11.2. The molecule has 2 amide bonds. The Kier molecular flexibility index (Phi) is 7.64. The molecule has 7 nitrogen and oxygen atoms in total. The number of aliphatic hydroxyl groups is 1. The SMILES string of the molecule is CNC(C)(C)[C@H](NC(=O)c1ccc(C#CC#CCO)cc1)C(=O)NO. The van der Waals surface area contributed by atoms with Crippen molar-refractivity contribution in [3.05, 3.63) is 35.4 Å². The van der Waals surface area contributed by atoms with E-state index in [9.17, 15) is 9.59 Å². The fourth-order valence-electron chi connectivity index (χ4n) is 1.89. The van der Waals surface area contributed by atoms with Crippen molar-refractivity contribution in [1.29, 1.82) is 0 Å². The van der Waals surface area contributed by atoms with Gasteiger partial charge in [-0.25, -0.2) is 5.48 Å². The number of benzene rings is 1. The third-order valence-corrected chi connectivity index (χ3v) is 3.60. The van der Waals surface area contributed by atoms with E-state index in [4.69, 9.17) is 10.3 Å². The number of rotatable bonds is 5. The van der Waals surface area contributed by atoms with Crippen LogP contribution in [-0.4, -0.2) is 47.4 Å². The minimum atomic E-state index is -0.983. The highest BCUT2D eigenvalue weighted by atomic mass is 16.5. The van der Waals surface area contributed by atoms with Gasteiger partial charge in [0.15, 0.2) is 0 Å². The van der Waals surface area contributed by atoms with Crippen LogP contribution in [-0.2, 0) is 4.79 Å². The van der Waals surface area contributed by atoms with Crippen molar-refractivity contribution in [3.8, 4) is 23.7 Å². The summed E-state index contributed by atoms with van der Waals surface area (Å²) in [4.78, 5) is 24.2. The molecule has 0 saturated heterocycles. The minimum absolute atomic E-state index is 0.251. The zero-order chi connectivity index (χ0) is 18.9. The first kappa shape index (κ1) is 20.2. The second-order valence-electron chi connectivity index (χ2n) is 5.64. The van der Waals surface area contributed by atoms with E-state index in [-0.39, 0.29) is 6.61 Å². The predicted molar refractivity (Wildman–Crippen MR) is 92.5 cm³/mol. The number of nitrogens with one attached hydrogen (secondary N) is 3. The molecule has 0 unspecified atom stereocenters. The van der Waals surface area contributed by atoms with Crippen LogP contribution in [0.5, 0.6) is 0 Å². The Morgan fingerprint density at radius 1 is 1.20 bits per heavy atom. The first-order chi connectivity index (χ1) is 11.9.